The van der Waals surface area contributed by atoms with Crippen LogP contribution in [-0.4, -0.2) is 100 Å². The lowest BCUT2D eigenvalue weighted by molar-refractivity contribution is -0.138. The third-order valence-electron chi connectivity index (χ3n) is 9.89. The number of hydrogen-bond acceptors (Lipinski definition) is 7. The van der Waals surface area contributed by atoms with E-state index in [0.717, 1.165) is 62.5 Å². The topological polar surface area (TPSA) is 128 Å². The van der Waals surface area contributed by atoms with Crippen molar-refractivity contribution >= 4 is 27.9 Å². The van der Waals surface area contributed by atoms with E-state index < -0.39 is 40.3 Å². The average Bonchev–Trinajstić information content (AvgIpc) is 3.69. The molecule has 0 spiro atoms. The number of likely N-dealkylation sites (tertiary alicyclic amines) is 2. The van der Waals surface area contributed by atoms with Crippen molar-refractivity contribution in [2.75, 3.05) is 39.0 Å². The number of alkyl halides is 3. The highest BCUT2D eigenvalue weighted by molar-refractivity contribution is 7.88. The molecule has 11 nitrogen and oxygen atoms in total. The van der Waals surface area contributed by atoms with Crippen LogP contribution in [0, 0.1) is 0 Å². The van der Waals surface area contributed by atoms with Gasteiger partial charge in [-0.25, -0.2) is 8.42 Å². The van der Waals surface area contributed by atoms with Crippen molar-refractivity contribution in [2.45, 2.75) is 70.1 Å². The van der Waals surface area contributed by atoms with Crippen LogP contribution in [0.5, 0.6) is 0 Å². The standard InChI is InChI=1S/C36H43F3N6O5S/c1-51(49,50)43-19-15-32-30(24-43)35(41-45(32)23-29(46)22-42-17-13-28(14-18-42)44-16-5-8-34(44)48)26-10-11-31(36(37,38)39)27(20-26)21-40-33(47)12-9-25-6-3-2-4-7-25/h2-4,6-7,9-12,20,28-29,46H,5,8,13-19,21-24H2,1H3,(H,40,47)/b12-9+. The van der Waals surface area contributed by atoms with Gasteiger partial charge in [-0.3, -0.25) is 14.3 Å². The third kappa shape index (κ3) is 8.88. The number of nitrogens with zero attached hydrogens (tertiary/aromatic N) is 5. The summed E-state index contributed by atoms with van der Waals surface area (Å²) in [6.45, 7) is 2.56. The molecule has 2 aromatic carbocycles. The van der Waals surface area contributed by atoms with E-state index in [2.05, 4.69) is 10.2 Å². The number of sulfonamides is 1. The first-order valence-corrected chi connectivity index (χ1v) is 19.1. The Morgan fingerprint density at radius 3 is 2.47 bits per heavy atom. The second kappa shape index (κ2) is 15.3. The van der Waals surface area contributed by atoms with Crippen molar-refractivity contribution in [2.24, 2.45) is 0 Å². The fourth-order valence-electron chi connectivity index (χ4n) is 7.30. The number of halogens is 3. The van der Waals surface area contributed by atoms with Crippen LogP contribution in [0.1, 0.15) is 53.6 Å². The fourth-order valence-corrected chi connectivity index (χ4v) is 8.08. The highest BCUT2D eigenvalue weighted by Gasteiger charge is 2.35. The Bertz CT molecular complexity index is 1870. The van der Waals surface area contributed by atoms with Crippen molar-refractivity contribution < 1.29 is 36.3 Å². The van der Waals surface area contributed by atoms with Crippen LogP contribution in [0.15, 0.2) is 54.6 Å². The van der Waals surface area contributed by atoms with Crippen LogP contribution in [0.2, 0.25) is 0 Å². The molecule has 0 saturated carbocycles. The Labute approximate surface area is 295 Å². The van der Waals surface area contributed by atoms with Gasteiger partial charge >= 0.3 is 6.18 Å². The SMILES string of the molecule is CS(=O)(=O)N1CCc2c(c(-c3ccc(C(F)(F)F)c(CNC(=O)/C=C/c4ccccc4)c3)nn2CC(O)CN2CCC(N3CCCC3=O)CC2)C1. The molecule has 4 heterocycles. The predicted molar refractivity (Wildman–Crippen MR) is 185 cm³/mol. The van der Waals surface area contributed by atoms with Crippen LogP contribution >= 0.6 is 0 Å². The molecule has 3 aliphatic heterocycles. The van der Waals surface area contributed by atoms with Gasteiger partial charge in [-0.05, 0) is 48.6 Å². The molecule has 2 fully saturated rings. The maximum atomic E-state index is 14.1. The number of carbonyl (C=O) groups is 2. The Hall–Kier alpha value is -4.05. The number of rotatable bonds is 11. The van der Waals surface area contributed by atoms with Gasteiger partial charge in [-0.2, -0.15) is 22.6 Å². The zero-order valence-corrected chi connectivity index (χ0v) is 29.3. The van der Waals surface area contributed by atoms with Crippen LogP contribution in [0.3, 0.4) is 0 Å². The molecule has 3 aromatic rings. The van der Waals surface area contributed by atoms with Crippen molar-refractivity contribution in [3.05, 3.63) is 82.6 Å². The molecule has 0 radical (unpaired) electrons. The molecule has 3 aliphatic rings. The Balaban J connectivity index is 1.22. The lowest BCUT2D eigenvalue weighted by atomic mass is 9.97. The number of hydrogen-bond donors (Lipinski definition) is 2. The summed E-state index contributed by atoms with van der Waals surface area (Å²) in [7, 11) is -3.58. The predicted octanol–water partition coefficient (Wildman–Crippen LogP) is 3.66. The van der Waals surface area contributed by atoms with E-state index in [4.69, 9.17) is 5.10 Å². The molecule has 2 amide bonds. The molecular formula is C36H43F3N6O5S. The van der Waals surface area contributed by atoms with E-state index in [1.165, 1.54) is 22.5 Å². The van der Waals surface area contributed by atoms with Crippen molar-refractivity contribution in [3.8, 4) is 11.3 Å². The van der Waals surface area contributed by atoms with Gasteiger partial charge in [0.1, 0.15) is 0 Å². The smallest absolute Gasteiger partial charge is 0.390 e. The van der Waals surface area contributed by atoms with Crippen molar-refractivity contribution in [1.82, 2.24) is 29.2 Å². The molecule has 2 N–H and O–H groups in total. The maximum absolute atomic E-state index is 14.1. The molecule has 2 saturated heterocycles. The number of amides is 2. The summed E-state index contributed by atoms with van der Waals surface area (Å²) in [6.07, 6.45) is 1.91. The second-order valence-electron chi connectivity index (χ2n) is 13.5. The monoisotopic (exact) mass is 728 g/mol. The molecule has 15 heteroatoms. The van der Waals surface area contributed by atoms with Crippen molar-refractivity contribution in [3.63, 3.8) is 0 Å². The van der Waals surface area contributed by atoms with Crippen molar-refractivity contribution in [1.29, 1.82) is 0 Å². The van der Waals surface area contributed by atoms with Gasteiger partial charge in [0.2, 0.25) is 21.8 Å². The van der Waals surface area contributed by atoms with Gasteiger partial charge < -0.3 is 20.2 Å². The normalized spacial score (nSPS) is 18.8. The number of aromatic nitrogens is 2. The van der Waals surface area contributed by atoms with Gasteiger partial charge in [0, 0.05) is 87.6 Å². The van der Waals surface area contributed by atoms with E-state index >= 15 is 0 Å². The minimum absolute atomic E-state index is 0.0142. The summed E-state index contributed by atoms with van der Waals surface area (Å²) in [6, 6.07) is 12.8. The number of carbonyl (C=O) groups excluding carboxylic acids is 2. The fraction of sp³-hybridized carbons (Fsp3) is 0.472. The summed E-state index contributed by atoms with van der Waals surface area (Å²) in [5.74, 6) is -0.353. The molecular weight excluding hydrogens is 685 g/mol. The third-order valence-corrected chi connectivity index (χ3v) is 11.1. The number of nitrogens with one attached hydrogen (secondary N) is 1. The molecule has 274 valence electrons. The lowest BCUT2D eigenvalue weighted by Crippen LogP contribution is -2.47. The molecule has 1 unspecified atom stereocenters. The Morgan fingerprint density at radius 2 is 1.80 bits per heavy atom. The zero-order valence-electron chi connectivity index (χ0n) is 28.5. The van der Waals surface area contributed by atoms with Crippen LogP contribution in [0.4, 0.5) is 13.2 Å². The maximum Gasteiger partial charge on any atom is 0.416 e. The molecule has 1 aromatic heterocycles. The Morgan fingerprint density at radius 1 is 1.06 bits per heavy atom. The van der Waals surface area contributed by atoms with E-state index in [-0.39, 0.29) is 37.1 Å². The molecule has 0 bridgehead atoms. The minimum Gasteiger partial charge on any atom is -0.390 e. The summed E-state index contributed by atoms with van der Waals surface area (Å²) in [5.41, 5.74) is 1.64. The lowest BCUT2D eigenvalue weighted by Gasteiger charge is -2.37. The number of β-amino-alcohol motifs (C(OH)–C–C–N with tert-alkyl or cyclic N) is 1. The zero-order chi connectivity index (χ0) is 36.3. The first-order valence-electron chi connectivity index (χ1n) is 17.2. The average molecular weight is 729 g/mol. The van der Waals surface area contributed by atoms with Gasteiger partial charge in [-0.1, -0.05) is 36.4 Å². The highest BCUT2D eigenvalue weighted by atomic mass is 32.2. The summed E-state index contributed by atoms with van der Waals surface area (Å²) < 4.78 is 70.4. The summed E-state index contributed by atoms with van der Waals surface area (Å²) in [5, 5.41) is 18.5. The number of aliphatic hydroxyl groups is 1. The number of fused-ring (bicyclic) bond motifs is 1. The molecule has 6 rings (SSSR count). The second-order valence-corrected chi connectivity index (χ2v) is 15.5. The van der Waals surface area contributed by atoms with Gasteiger partial charge in [0.25, 0.3) is 0 Å². The number of piperidine rings is 1. The van der Waals surface area contributed by atoms with Gasteiger partial charge in [0.15, 0.2) is 0 Å². The Kier molecular flexibility index (Phi) is 11.0. The van der Waals surface area contributed by atoms with E-state index in [9.17, 15) is 36.3 Å². The summed E-state index contributed by atoms with van der Waals surface area (Å²) in [4.78, 5) is 28.9. The van der Waals surface area contributed by atoms with Gasteiger partial charge in [-0.15, -0.1) is 0 Å². The van der Waals surface area contributed by atoms with E-state index in [0.29, 0.717) is 36.2 Å². The minimum atomic E-state index is -4.69. The quantitative estimate of drug-likeness (QED) is 0.289. The van der Waals surface area contributed by atoms with Crippen LogP contribution in [-0.2, 0) is 51.8 Å². The number of benzene rings is 2. The van der Waals surface area contributed by atoms with Gasteiger partial charge in [0.05, 0.1) is 30.2 Å². The van der Waals surface area contributed by atoms with Crippen LogP contribution < -0.4 is 5.32 Å². The highest BCUT2D eigenvalue weighted by Crippen LogP contribution is 2.37. The molecule has 1 atom stereocenters. The summed E-state index contributed by atoms with van der Waals surface area (Å²) >= 11 is 0. The van der Waals surface area contributed by atoms with E-state index in [1.807, 2.05) is 11.0 Å². The van der Waals surface area contributed by atoms with Crippen LogP contribution in [0.25, 0.3) is 17.3 Å². The first-order chi connectivity index (χ1) is 24.3. The molecule has 0 aliphatic carbocycles. The first kappa shape index (κ1) is 36.7. The number of aliphatic hydroxyl groups excluding tert-OH is 1. The largest absolute Gasteiger partial charge is 0.416 e. The molecule has 51 heavy (non-hydrogen) atoms. The van der Waals surface area contributed by atoms with E-state index in [1.54, 1.807) is 35.0 Å².